The third-order valence-corrected chi connectivity index (χ3v) is 4.71. The SMILES string of the molecule is CCc1cc2c(=O)n([C@@H](C)C(=O)O[C@H](C)CC)cnc2s1. The second kappa shape index (κ2) is 6.39. The van der Waals surface area contributed by atoms with Crippen molar-refractivity contribution in [1.82, 2.24) is 9.55 Å². The van der Waals surface area contributed by atoms with Crippen LogP contribution in [0.5, 0.6) is 0 Å². The molecule has 0 saturated carbocycles. The molecule has 114 valence electrons. The third-order valence-electron chi connectivity index (χ3n) is 3.53. The first-order valence-electron chi connectivity index (χ1n) is 7.17. The number of ether oxygens (including phenoxy) is 1. The topological polar surface area (TPSA) is 61.2 Å². The molecule has 0 fully saturated rings. The first-order chi connectivity index (χ1) is 9.97. The molecule has 0 spiro atoms. The highest BCUT2D eigenvalue weighted by Crippen LogP contribution is 2.21. The van der Waals surface area contributed by atoms with E-state index < -0.39 is 12.0 Å². The van der Waals surface area contributed by atoms with Crippen molar-refractivity contribution in [2.24, 2.45) is 0 Å². The number of aromatic nitrogens is 2. The molecule has 2 heterocycles. The van der Waals surface area contributed by atoms with E-state index in [0.29, 0.717) is 5.39 Å². The Morgan fingerprint density at radius 1 is 1.43 bits per heavy atom. The van der Waals surface area contributed by atoms with Crippen molar-refractivity contribution >= 4 is 27.5 Å². The van der Waals surface area contributed by atoms with E-state index in [1.165, 1.54) is 22.2 Å². The summed E-state index contributed by atoms with van der Waals surface area (Å²) in [6, 6.07) is 1.19. The van der Waals surface area contributed by atoms with Gasteiger partial charge in [-0.05, 0) is 32.8 Å². The molecular formula is C15H20N2O3S. The molecule has 21 heavy (non-hydrogen) atoms. The maximum Gasteiger partial charge on any atom is 0.329 e. The fourth-order valence-electron chi connectivity index (χ4n) is 1.93. The highest BCUT2D eigenvalue weighted by molar-refractivity contribution is 7.18. The summed E-state index contributed by atoms with van der Waals surface area (Å²) in [5.74, 6) is -0.404. The van der Waals surface area contributed by atoms with Crippen LogP contribution in [0.4, 0.5) is 0 Å². The molecule has 6 heteroatoms. The molecule has 2 rings (SSSR count). The number of hydrogen-bond acceptors (Lipinski definition) is 5. The minimum Gasteiger partial charge on any atom is -0.461 e. The van der Waals surface area contributed by atoms with E-state index in [4.69, 9.17) is 4.74 Å². The van der Waals surface area contributed by atoms with E-state index in [1.54, 1.807) is 6.92 Å². The molecule has 5 nitrogen and oxygen atoms in total. The van der Waals surface area contributed by atoms with Crippen LogP contribution >= 0.6 is 11.3 Å². The average Bonchev–Trinajstić information content (AvgIpc) is 2.91. The normalized spacial score (nSPS) is 14.1. The van der Waals surface area contributed by atoms with Crippen LogP contribution in [0.25, 0.3) is 10.2 Å². The molecule has 0 saturated heterocycles. The Labute approximate surface area is 127 Å². The van der Waals surface area contributed by atoms with Crippen LogP contribution < -0.4 is 5.56 Å². The molecule has 0 aromatic carbocycles. The van der Waals surface area contributed by atoms with Crippen molar-refractivity contribution in [2.75, 3.05) is 0 Å². The van der Waals surface area contributed by atoms with E-state index in [2.05, 4.69) is 4.98 Å². The average molecular weight is 308 g/mol. The Hall–Kier alpha value is -1.69. The second-order valence-electron chi connectivity index (χ2n) is 5.07. The Balaban J connectivity index is 2.35. The fraction of sp³-hybridized carbons (Fsp3) is 0.533. The highest BCUT2D eigenvalue weighted by Gasteiger charge is 2.21. The van der Waals surface area contributed by atoms with Gasteiger partial charge in [-0.15, -0.1) is 11.3 Å². The van der Waals surface area contributed by atoms with E-state index >= 15 is 0 Å². The van der Waals surface area contributed by atoms with Gasteiger partial charge < -0.3 is 4.74 Å². The van der Waals surface area contributed by atoms with Crippen molar-refractivity contribution in [1.29, 1.82) is 0 Å². The summed E-state index contributed by atoms with van der Waals surface area (Å²) in [5.41, 5.74) is -0.190. The van der Waals surface area contributed by atoms with Gasteiger partial charge in [-0.1, -0.05) is 13.8 Å². The van der Waals surface area contributed by atoms with Crippen LogP contribution in [0.2, 0.25) is 0 Å². The number of nitrogens with zero attached hydrogens (tertiary/aromatic N) is 2. The molecular weight excluding hydrogens is 288 g/mol. The van der Waals surface area contributed by atoms with E-state index in [-0.39, 0.29) is 11.7 Å². The fourth-order valence-corrected chi connectivity index (χ4v) is 2.86. The van der Waals surface area contributed by atoms with Gasteiger partial charge in [0, 0.05) is 4.88 Å². The number of carbonyl (C=O) groups excluding carboxylic acids is 1. The van der Waals surface area contributed by atoms with Crippen LogP contribution in [-0.4, -0.2) is 21.6 Å². The lowest BCUT2D eigenvalue weighted by Gasteiger charge is -2.17. The first-order valence-corrected chi connectivity index (χ1v) is 7.99. The van der Waals surface area contributed by atoms with Gasteiger partial charge in [-0.2, -0.15) is 0 Å². The summed E-state index contributed by atoms with van der Waals surface area (Å²) in [6.07, 6.45) is 2.89. The minimum atomic E-state index is -0.673. The molecule has 0 unspecified atom stereocenters. The predicted molar refractivity (Wildman–Crippen MR) is 83.8 cm³/mol. The van der Waals surface area contributed by atoms with Gasteiger partial charge in [0.25, 0.3) is 5.56 Å². The van der Waals surface area contributed by atoms with Gasteiger partial charge in [0.1, 0.15) is 10.9 Å². The summed E-state index contributed by atoms with van der Waals surface area (Å²) >= 11 is 1.51. The maximum atomic E-state index is 12.5. The van der Waals surface area contributed by atoms with Crippen LogP contribution in [0.15, 0.2) is 17.2 Å². The Morgan fingerprint density at radius 2 is 2.14 bits per heavy atom. The van der Waals surface area contributed by atoms with Crippen molar-refractivity contribution in [2.45, 2.75) is 52.7 Å². The predicted octanol–water partition coefficient (Wildman–Crippen LogP) is 2.92. The lowest BCUT2D eigenvalue weighted by atomic mass is 10.3. The first kappa shape index (κ1) is 15.7. The summed E-state index contributed by atoms with van der Waals surface area (Å²) in [4.78, 5) is 30.7. The Kier molecular flexibility index (Phi) is 4.77. The minimum absolute atomic E-state index is 0.153. The van der Waals surface area contributed by atoms with Gasteiger partial charge in [-0.3, -0.25) is 9.36 Å². The molecule has 2 aromatic heterocycles. The molecule has 0 radical (unpaired) electrons. The number of hydrogen-bond donors (Lipinski definition) is 0. The lowest BCUT2D eigenvalue weighted by molar-refractivity contribution is -0.152. The molecule has 2 atom stereocenters. The molecule has 0 aliphatic heterocycles. The number of fused-ring (bicyclic) bond motifs is 1. The van der Waals surface area contributed by atoms with Crippen molar-refractivity contribution in [3.8, 4) is 0 Å². The highest BCUT2D eigenvalue weighted by atomic mass is 32.1. The molecule has 0 bridgehead atoms. The van der Waals surface area contributed by atoms with Gasteiger partial charge in [-0.25, -0.2) is 9.78 Å². The Morgan fingerprint density at radius 3 is 2.76 bits per heavy atom. The third kappa shape index (κ3) is 3.15. The lowest BCUT2D eigenvalue weighted by Crippen LogP contribution is -2.30. The monoisotopic (exact) mass is 308 g/mol. The van der Waals surface area contributed by atoms with Gasteiger partial charge in [0.05, 0.1) is 17.8 Å². The van der Waals surface area contributed by atoms with Crippen molar-refractivity contribution < 1.29 is 9.53 Å². The summed E-state index contributed by atoms with van der Waals surface area (Å²) in [6.45, 7) is 7.48. The summed E-state index contributed by atoms with van der Waals surface area (Å²) in [5, 5.41) is 0.572. The van der Waals surface area contributed by atoms with E-state index in [0.717, 1.165) is 22.5 Å². The smallest absolute Gasteiger partial charge is 0.329 e. The largest absolute Gasteiger partial charge is 0.461 e. The zero-order valence-electron chi connectivity index (χ0n) is 12.8. The van der Waals surface area contributed by atoms with E-state index in [9.17, 15) is 9.59 Å². The van der Waals surface area contributed by atoms with Crippen molar-refractivity contribution in [3.05, 3.63) is 27.6 Å². The molecule has 0 amide bonds. The van der Waals surface area contributed by atoms with Crippen LogP contribution in [0.3, 0.4) is 0 Å². The molecule has 0 aliphatic rings. The number of aryl methyl sites for hydroxylation is 1. The maximum absolute atomic E-state index is 12.5. The van der Waals surface area contributed by atoms with E-state index in [1.807, 2.05) is 26.8 Å². The Bertz CT molecular complexity index is 704. The zero-order valence-corrected chi connectivity index (χ0v) is 13.6. The number of carbonyl (C=O) groups is 1. The second-order valence-corrected chi connectivity index (χ2v) is 6.19. The zero-order chi connectivity index (χ0) is 15.6. The summed E-state index contributed by atoms with van der Waals surface area (Å²) < 4.78 is 6.63. The molecule has 0 aliphatic carbocycles. The van der Waals surface area contributed by atoms with Gasteiger partial charge in [0.2, 0.25) is 0 Å². The van der Waals surface area contributed by atoms with Crippen LogP contribution in [0.1, 0.15) is 45.0 Å². The molecule has 2 aromatic rings. The standard InChI is InChI=1S/C15H20N2O3S/c1-5-9(3)20-15(19)10(4)17-8-16-13-12(14(17)18)7-11(6-2)21-13/h7-10H,5-6H2,1-4H3/t9-,10+/m1/s1. The van der Waals surface area contributed by atoms with Crippen LogP contribution in [0, 0.1) is 0 Å². The summed E-state index contributed by atoms with van der Waals surface area (Å²) in [7, 11) is 0. The number of esters is 1. The number of rotatable bonds is 5. The van der Waals surface area contributed by atoms with Crippen molar-refractivity contribution in [3.63, 3.8) is 0 Å². The van der Waals surface area contributed by atoms with Gasteiger partial charge in [0.15, 0.2) is 0 Å². The van der Waals surface area contributed by atoms with Gasteiger partial charge >= 0.3 is 5.97 Å². The number of thiophene rings is 1. The quantitative estimate of drug-likeness (QED) is 0.797. The van der Waals surface area contributed by atoms with Crippen LogP contribution in [-0.2, 0) is 16.0 Å². The molecule has 0 N–H and O–H groups in total.